The summed E-state index contributed by atoms with van der Waals surface area (Å²) in [7, 11) is 0. The number of rotatable bonds is 3. The molecule has 0 saturated heterocycles. The Kier molecular flexibility index (Phi) is 3.39. The summed E-state index contributed by atoms with van der Waals surface area (Å²) in [5.41, 5.74) is 9.52. The summed E-state index contributed by atoms with van der Waals surface area (Å²) >= 11 is 1.60. The van der Waals surface area contributed by atoms with Crippen LogP contribution in [0.15, 0.2) is 38.4 Å². The summed E-state index contributed by atoms with van der Waals surface area (Å²) in [5, 5.41) is 7.96. The van der Waals surface area contributed by atoms with Crippen LogP contribution in [0.5, 0.6) is 0 Å². The smallest absolute Gasteiger partial charge is 0.274 e. The van der Waals surface area contributed by atoms with Gasteiger partial charge in [0.25, 0.3) is 5.56 Å². The monoisotopic (exact) mass is 301 g/mol. The lowest BCUT2D eigenvalue weighted by Crippen LogP contribution is -2.23. The Morgan fingerprint density at radius 1 is 1.43 bits per heavy atom. The van der Waals surface area contributed by atoms with Crippen molar-refractivity contribution >= 4 is 17.0 Å². The van der Waals surface area contributed by atoms with Crippen LogP contribution in [0.1, 0.15) is 17.0 Å². The van der Waals surface area contributed by atoms with Crippen molar-refractivity contribution in [2.75, 3.05) is 5.73 Å². The molecule has 5 nitrogen and oxygen atoms in total. The van der Waals surface area contributed by atoms with Crippen molar-refractivity contribution in [1.82, 2.24) is 9.72 Å². The van der Waals surface area contributed by atoms with Crippen LogP contribution < -0.4 is 11.3 Å². The largest absolute Gasteiger partial charge is 0.394 e. The number of nitrogen functional groups attached to an aromatic ring is 1. The molecule has 6 heteroatoms. The van der Waals surface area contributed by atoms with E-state index in [-0.39, 0.29) is 11.2 Å². The average molecular weight is 301 g/mol. The van der Waals surface area contributed by atoms with Crippen molar-refractivity contribution in [2.45, 2.75) is 20.4 Å². The molecule has 0 radical (unpaired) electrons. The predicted molar refractivity (Wildman–Crippen MR) is 83.5 cm³/mol. The number of hydrogen-bond donors (Lipinski definition) is 1. The van der Waals surface area contributed by atoms with Gasteiger partial charge in [-0.1, -0.05) is 5.16 Å². The van der Waals surface area contributed by atoms with Gasteiger partial charge >= 0.3 is 0 Å². The summed E-state index contributed by atoms with van der Waals surface area (Å²) in [6.07, 6.45) is 1.81. The molecule has 2 N–H and O–H groups in total. The minimum Gasteiger partial charge on any atom is -0.394 e. The number of aryl methyl sites for hydroxylation is 2. The van der Waals surface area contributed by atoms with Crippen molar-refractivity contribution in [3.05, 3.63) is 56.5 Å². The molecule has 108 valence electrons. The van der Waals surface area contributed by atoms with Gasteiger partial charge in [-0.2, -0.15) is 11.3 Å². The lowest BCUT2D eigenvalue weighted by molar-refractivity contribution is 0.393. The van der Waals surface area contributed by atoms with Crippen LogP contribution in [0.25, 0.3) is 11.1 Å². The summed E-state index contributed by atoms with van der Waals surface area (Å²) in [5.74, 6) is 0.715. The first-order chi connectivity index (χ1) is 10.1. The maximum absolute atomic E-state index is 12.2. The Morgan fingerprint density at radius 3 is 2.86 bits per heavy atom. The highest BCUT2D eigenvalue weighted by Crippen LogP contribution is 2.27. The Labute approximate surface area is 125 Å². The van der Waals surface area contributed by atoms with E-state index < -0.39 is 0 Å². The number of aromatic nitrogens is 2. The quantitative estimate of drug-likeness (QED) is 0.807. The SMILES string of the molecule is Cc1noc(C)c1-c1cc(N)c(=O)n(Cc2ccsc2)c1. The van der Waals surface area contributed by atoms with E-state index in [4.69, 9.17) is 10.3 Å². The van der Waals surface area contributed by atoms with Crippen LogP contribution in [0.3, 0.4) is 0 Å². The van der Waals surface area contributed by atoms with Crippen molar-refractivity contribution in [1.29, 1.82) is 0 Å². The van der Waals surface area contributed by atoms with Crippen LogP contribution in [0, 0.1) is 13.8 Å². The number of nitrogens with two attached hydrogens (primary N) is 1. The minimum atomic E-state index is -0.184. The number of pyridine rings is 1. The van der Waals surface area contributed by atoms with Gasteiger partial charge in [-0.25, -0.2) is 0 Å². The molecule has 3 aromatic heterocycles. The fourth-order valence-corrected chi connectivity index (χ4v) is 3.05. The van der Waals surface area contributed by atoms with E-state index in [0.717, 1.165) is 22.4 Å². The highest BCUT2D eigenvalue weighted by molar-refractivity contribution is 7.07. The highest BCUT2D eigenvalue weighted by atomic mass is 32.1. The van der Waals surface area contributed by atoms with Gasteiger partial charge in [0.15, 0.2) is 0 Å². The van der Waals surface area contributed by atoms with Crippen LogP contribution in [0.2, 0.25) is 0 Å². The summed E-state index contributed by atoms with van der Waals surface area (Å²) in [6, 6.07) is 3.68. The molecule has 0 aliphatic heterocycles. The average Bonchev–Trinajstić information content (AvgIpc) is 3.05. The maximum Gasteiger partial charge on any atom is 0.274 e. The molecular formula is C15H15N3O2S. The third kappa shape index (κ3) is 2.50. The van der Waals surface area contributed by atoms with Crippen molar-refractivity contribution in [3.63, 3.8) is 0 Å². The third-order valence-corrected chi connectivity index (χ3v) is 4.10. The zero-order valence-corrected chi connectivity index (χ0v) is 12.6. The van der Waals surface area contributed by atoms with Gasteiger partial charge in [0.05, 0.1) is 17.9 Å². The molecule has 0 spiro atoms. The van der Waals surface area contributed by atoms with Gasteiger partial charge in [-0.15, -0.1) is 0 Å². The molecule has 0 saturated carbocycles. The molecule has 0 unspecified atom stereocenters. The van der Waals surface area contributed by atoms with Crippen LogP contribution in [-0.4, -0.2) is 9.72 Å². The number of thiophene rings is 1. The van der Waals surface area contributed by atoms with E-state index in [0.29, 0.717) is 12.3 Å². The van der Waals surface area contributed by atoms with Crippen molar-refractivity contribution in [3.8, 4) is 11.1 Å². The second-order valence-corrected chi connectivity index (χ2v) is 5.73. The van der Waals surface area contributed by atoms with Crippen molar-refractivity contribution < 1.29 is 4.52 Å². The third-order valence-electron chi connectivity index (χ3n) is 3.37. The molecule has 3 heterocycles. The number of hydrogen-bond acceptors (Lipinski definition) is 5. The fraction of sp³-hybridized carbons (Fsp3) is 0.200. The van der Waals surface area contributed by atoms with E-state index in [2.05, 4.69) is 5.16 Å². The van der Waals surface area contributed by atoms with Crippen LogP contribution in [0.4, 0.5) is 5.69 Å². The van der Waals surface area contributed by atoms with Gasteiger partial charge in [0.2, 0.25) is 0 Å². The molecule has 0 fully saturated rings. The first-order valence-electron chi connectivity index (χ1n) is 6.50. The Morgan fingerprint density at radius 2 is 2.24 bits per heavy atom. The molecular weight excluding hydrogens is 286 g/mol. The Bertz CT molecular complexity index is 812. The highest BCUT2D eigenvalue weighted by Gasteiger charge is 2.14. The summed E-state index contributed by atoms with van der Waals surface area (Å²) in [4.78, 5) is 12.2. The molecule has 0 amide bonds. The molecule has 21 heavy (non-hydrogen) atoms. The Balaban J connectivity index is 2.12. The normalized spacial score (nSPS) is 11.0. The maximum atomic E-state index is 12.2. The number of anilines is 1. The van der Waals surface area contributed by atoms with Gasteiger partial charge in [-0.3, -0.25) is 4.79 Å². The molecule has 3 aromatic rings. The van der Waals surface area contributed by atoms with E-state index in [1.54, 1.807) is 22.0 Å². The second-order valence-electron chi connectivity index (χ2n) is 4.95. The summed E-state index contributed by atoms with van der Waals surface area (Å²) in [6.45, 7) is 4.22. The lowest BCUT2D eigenvalue weighted by Gasteiger charge is -2.09. The molecule has 3 rings (SSSR count). The van der Waals surface area contributed by atoms with Crippen LogP contribution >= 0.6 is 11.3 Å². The van der Waals surface area contributed by atoms with E-state index in [1.165, 1.54) is 0 Å². The molecule has 0 aromatic carbocycles. The first kappa shape index (κ1) is 13.6. The fourth-order valence-electron chi connectivity index (χ4n) is 2.39. The Hall–Kier alpha value is -2.34. The van der Waals surface area contributed by atoms with Gasteiger partial charge in [-0.05, 0) is 42.3 Å². The van der Waals surface area contributed by atoms with Gasteiger partial charge in [0.1, 0.15) is 5.76 Å². The van der Waals surface area contributed by atoms with Gasteiger partial charge in [0, 0.05) is 17.3 Å². The molecule has 0 bridgehead atoms. The number of nitrogens with zero attached hydrogens (tertiary/aromatic N) is 2. The van der Waals surface area contributed by atoms with E-state index in [1.807, 2.05) is 36.9 Å². The molecule has 0 aliphatic rings. The van der Waals surface area contributed by atoms with E-state index in [9.17, 15) is 4.79 Å². The van der Waals surface area contributed by atoms with Crippen molar-refractivity contribution in [2.24, 2.45) is 0 Å². The summed E-state index contributed by atoms with van der Waals surface area (Å²) < 4.78 is 6.81. The van der Waals surface area contributed by atoms with E-state index >= 15 is 0 Å². The molecule has 0 atom stereocenters. The molecule has 0 aliphatic carbocycles. The standard InChI is InChI=1S/C15H15N3O2S/c1-9-14(10(2)20-17-9)12-5-13(16)15(19)18(7-12)6-11-3-4-21-8-11/h3-5,7-8H,6,16H2,1-2H3. The minimum absolute atomic E-state index is 0.184. The topological polar surface area (TPSA) is 74.1 Å². The lowest BCUT2D eigenvalue weighted by atomic mass is 10.1. The zero-order valence-electron chi connectivity index (χ0n) is 11.8. The zero-order chi connectivity index (χ0) is 15.0. The van der Waals surface area contributed by atoms with Gasteiger partial charge < -0.3 is 14.8 Å². The second kappa shape index (κ2) is 5.21. The predicted octanol–water partition coefficient (Wildman–Crippen LogP) is 2.81. The first-order valence-corrected chi connectivity index (χ1v) is 7.45. The van der Waals surface area contributed by atoms with Crippen LogP contribution in [-0.2, 0) is 6.54 Å².